The molecule has 0 fully saturated rings. The van der Waals surface area contributed by atoms with E-state index in [1.165, 1.54) is 30.3 Å². The number of thiophene rings is 1. The summed E-state index contributed by atoms with van der Waals surface area (Å²) in [5.41, 5.74) is 0.503. The molecule has 98 valence electrons. The van der Waals surface area contributed by atoms with Gasteiger partial charge in [-0.05, 0) is 30.3 Å². The lowest BCUT2D eigenvalue weighted by Gasteiger charge is -2.06. The Hall–Kier alpha value is -1.26. The van der Waals surface area contributed by atoms with Crippen molar-refractivity contribution in [2.75, 3.05) is 4.72 Å². The smallest absolute Gasteiger partial charge is 0.271 e. The van der Waals surface area contributed by atoms with Gasteiger partial charge in [-0.2, -0.15) is 5.26 Å². The van der Waals surface area contributed by atoms with Crippen molar-refractivity contribution in [3.63, 3.8) is 0 Å². The van der Waals surface area contributed by atoms with Gasteiger partial charge in [-0.1, -0.05) is 23.2 Å². The third kappa shape index (κ3) is 3.39. The number of anilines is 1. The van der Waals surface area contributed by atoms with Crippen molar-refractivity contribution in [3.05, 3.63) is 45.3 Å². The van der Waals surface area contributed by atoms with Crippen LogP contribution < -0.4 is 4.72 Å². The van der Waals surface area contributed by atoms with Crippen LogP contribution in [0, 0.1) is 11.3 Å². The molecule has 4 nitrogen and oxygen atoms in total. The van der Waals surface area contributed by atoms with Crippen LogP contribution in [0.4, 0.5) is 5.69 Å². The van der Waals surface area contributed by atoms with Crippen LogP contribution in [-0.2, 0) is 10.0 Å². The Bertz CT molecular complexity index is 763. The van der Waals surface area contributed by atoms with Crippen LogP contribution in [-0.4, -0.2) is 8.42 Å². The number of hydrogen-bond donors (Lipinski definition) is 1. The van der Waals surface area contributed by atoms with Gasteiger partial charge in [0.25, 0.3) is 10.0 Å². The molecule has 0 atom stereocenters. The maximum atomic E-state index is 12.0. The molecule has 0 amide bonds. The quantitative estimate of drug-likeness (QED) is 0.930. The van der Waals surface area contributed by atoms with E-state index >= 15 is 0 Å². The predicted molar refractivity (Wildman–Crippen MR) is 76.3 cm³/mol. The van der Waals surface area contributed by atoms with E-state index in [1.54, 1.807) is 0 Å². The second-order valence-corrected chi connectivity index (χ2v) is 7.57. The first-order valence-electron chi connectivity index (χ1n) is 4.89. The van der Waals surface area contributed by atoms with Crippen molar-refractivity contribution >= 4 is 50.2 Å². The monoisotopic (exact) mass is 332 g/mol. The average Bonchev–Trinajstić information content (AvgIpc) is 2.75. The molecule has 0 spiro atoms. The highest BCUT2D eigenvalue weighted by Crippen LogP contribution is 2.28. The summed E-state index contributed by atoms with van der Waals surface area (Å²) in [7, 11) is -3.72. The van der Waals surface area contributed by atoms with Crippen LogP contribution in [0.3, 0.4) is 0 Å². The van der Waals surface area contributed by atoms with Crippen molar-refractivity contribution in [2.45, 2.75) is 4.21 Å². The van der Waals surface area contributed by atoms with Crippen molar-refractivity contribution in [1.29, 1.82) is 5.26 Å². The van der Waals surface area contributed by atoms with E-state index in [-0.39, 0.29) is 20.5 Å². The summed E-state index contributed by atoms with van der Waals surface area (Å²) < 4.78 is 26.9. The molecular formula is C11H6Cl2N2O2S2. The van der Waals surface area contributed by atoms with Crippen LogP contribution in [0.25, 0.3) is 0 Å². The average molecular weight is 333 g/mol. The summed E-state index contributed by atoms with van der Waals surface area (Å²) in [6.45, 7) is 0. The number of nitrogens with one attached hydrogen (secondary N) is 1. The van der Waals surface area contributed by atoms with Gasteiger partial charge in [-0.3, -0.25) is 4.72 Å². The molecule has 0 aliphatic carbocycles. The van der Waals surface area contributed by atoms with Gasteiger partial charge < -0.3 is 0 Å². The summed E-state index contributed by atoms with van der Waals surface area (Å²) in [5.74, 6) is 0. The summed E-state index contributed by atoms with van der Waals surface area (Å²) >= 11 is 12.5. The van der Waals surface area contributed by atoms with Crippen LogP contribution in [0.5, 0.6) is 0 Å². The molecule has 1 aromatic heterocycles. The lowest BCUT2D eigenvalue weighted by Crippen LogP contribution is -2.11. The molecule has 8 heteroatoms. The molecule has 0 saturated heterocycles. The van der Waals surface area contributed by atoms with E-state index in [0.29, 0.717) is 4.34 Å². The number of nitriles is 1. The Kier molecular flexibility index (Phi) is 4.02. The van der Waals surface area contributed by atoms with Crippen molar-refractivity contribution in [1.82, 2.24) is 0 Å². The fourth-order valence-electron chi connectivity index (χ4n) is 1.36. The fourth-order valence-corrected chi connectivity index (χ4v) is 4.12. The summed E-state index contributed by atoms with van der Waals surface area (Å²) in [5, 5.41) is 9.08. The number of nitrogens with zero attached hydrogens (tertiary/aromatic N) is 1. The van der Waals surface area contributed by atoms with Gasteiger partial charge in [-0.15, -0.1) is 11.3 Å². The molecule has 0 saturated carbocycles. The molecule has 1 N–H and O–H groups in total. The second kappa shape index (κ2) is 5.39. The van der Waals surface area contributed by atoms with Crippen LogP contribution in [0.15, 0.2) is 34.5 Å². The molecule has 19 heavy (non-hydrogen) atoms. The molecule has 0 aliphatic rings. The number of hydrogen-bond acceptors (Lipinski definition) is 4. The van der Waals surface area contributed by atoms with E-state index in [4.69, 9.17) is 28.5 Å². The molecule has 0 bridgehead atoms. The standard InChI is InChI=1S/C11H6Cl2N2O2S2/c12-8-3-7(6-14)4-9(5-8)15-19(16,17)11-2-1-10(13)18-11/h1-5,15H. The highest BCUT2D eigenvalue weighted by Gasteiger charge is 2.17. The first kappa shape index (κ1) is 14.2. The Labute approximate surface area is 124 Å². The molecule has 0 aliphatic heterocycles. The van der Waals surface area contributed by atoms with Crippen molar-refractivity contribution in [2.24, 2.45) is 0 Å². The van der Waals surface area contributed by atoms with E-state index in [2.05, 4.69) is 4.72 Å². The maximum Gasteiger partial charge on any atom is 0.271 e. The zero-order chi connectivity index (χ0) is 14.0. The van der Waals surface area contributed by atoms with Gasteiger partial charge in [0, 0.05) is 5.02 Å². The van der Waals surface area contributed by atoms with E-state index in [9.17, 15) is 8.42 Å². The molecule has 0 radical (unpaired) electrons. The normalized spacial score (nSPS) is 11.0. The first-order chi connectivity index (χ1) is 8.90. The Morgan fingerprint density at radius 2 is 1.95 bits per heavy atom. The van der Waals surface area contributed by atoms with Gasteiger partial charge in [0.2, 0.25) is 0 Å². The topological polar surface area (TPSA) is 70.0 Å². The Balaban J connectivity index is 2.36. The molecule has 2 rings (SSSR count). The zero-order valence-electron chi connectivity index (χ0n) is 9.22. The highest BCUT2D eigenvalue weighted by molar-refractivity contribution is 7.94. The van der Waals surface area contributed by atoms with Crippen LogP contribution in [0.2, 0.25) is 9.36 Å². The van der Waals surface area contributed by atoms with Crippen molar-refractivity contribution in [3.8, 4) is 6.07 Å². The first-order valence-corrected chi connectivity index (χ1v) is 7.95. The number of halogens is 2. The summed E-state index contributed by atoms with van der Waals surface area (Å²) in [6.07, 6.45) is 0. The van der Waals surface area contributed by atoms with E-state index in [1.807, 2.05) is 6.07 Å². The molecule has 1 heterocycles. The van der Waals surface area contributed by atoms with Crippen LogP contribution >= 0.6 is 34.5 Å². The minimum absolute atomic E-state index is 0.0935. The third-order valence-electron chi connectivity index (χ3n) is 2.09. The zero-order valence-corrected chi connectivity index (χ0v) is 12.4. The lowest BCUT2D eigenvalue weighted by atomic mass is 10.2. The second-order valence-electron chi connectivity index (χ2n) is 3.50. The molecule has 0 unspecified atom stereocenters. The summed E-state index contributed by atoms with van der Waals surface area (Å²) in [4.78, 5) is 0. The van der Waals surface area contributed by atoms with Gasteiger partial charge in [0.1, 0.15) is 4.21 Å². The fraction of sp³-hybridized carbons (Fsp3) is 0. The predicted octanol–water partition coefficient (Wildman–Crippen LogP) is 3.73. The Morgan fingerprint density at radius 3 is 2.53 bits per heavy atom. The SMILES string of the molecule is N#Cc1cc(Cl)cc(NS(=O)(=O)c2ccc(Cl)s2)c1. The Morgan fingerprint density at radius 1 is 1.21 bits per heavy atom. The minimum atomic E-state index is -3.72. The van der Waals surface area contributed by atoms with E-state index < -0.39 is 10.0 Å². The lowest BCUT2D eigenvalue weighted by molar-refractivity contribution is 0.603. The third-order valence-corrected chi connectivity index (χ3v) is 5.41. The molecular weight excluding hydrogens is 327 g/mol. The van der Waals surface area contributed by atoms with Gasteiger partial charge in [-0.25, -0.2) is 8.42 Å². The highest BCUT2D eigenvalue weighted by atomic mass is 35.5. The minimum Gasteiger partial charge on any atom is -0.279 e. The largest absolute Gasteiger partial charge is 0.279 e. The maximum absolute atomic E-state index is 12.0. The van der Waals surface area contributed by atoms with Gasteiger partial charge >= 0.3 is 0 Å². The molecule has 2 aromatic rings. The van der Waals surface area contributed by atoms with Crippen LogP contribution in [0.1, 0.15) is 5.56 Å². The summed E-state index contributed by atoms with van der Waals surface area (Å²) in [6, 6.07) is 9.08. The van der Waals surface area contributed by atoms with Gasteiger partial charge in [0.05, 0.1) is 21.7 Å². The number of benzene rings is 1. The van der Waals surface area contributed by atoms with Gasteiger partial charge in [0.15, 0.2) is 0 Å². The number of rotatable bonds is 3. The van der Waals surface area contributed by atoms with E-state index in [0.717, 1.165) is 11.3 Å². The number of sulfonamides is 1. The van der Waals surface area contributed by atoms with Crippen molar-refractivity contribution < 1.29 is 8.42 Å². The molecule has 1 aromatic carbocycles.